The lowest BCUT2D eigenvalue weighted by atomic mass is 10.1. The molecule has 0 aliphatic carbocycles. The molecular weight excluding hydrogens is 198 g/mol. The van der Waals surface area contributed by atoms with Gasteiger partial charge < -0.3 is 5.73 Å². The number of anilines is 1. The van der Waals surface area contributed by atoms with Crippen LogP contribution in [0.4, 0.5) is 10.5 Å². The molecule has 3 N–H and O–H groups in total. The van der Waals surface area contributed by atoms with Crippen molar-refractivity contribution in [3.8, 4) is 0 Å². The van der Waals surface area contributed by atoms with E-state index in [-0.39, 0.29) is 5.24 Å². The van der Waals surface area contributed by atoms with Gasteiger partial charge in [0.2, 0.25) is 0 Å². The maximum absolute atomic E-state index is 10.8. The number of rotatable bonds is 1. The van der Waals surface area contributed by atoms with Crippen LogP contribution in [0.5, 0.6) is 0 Å². The molecule has 72 valence electrons. The Hall–Kier alpha value is -1.49. The van der Waals surface area contributed by atoms with Gasteiger partial charge in [-0.05, 0) is 17.7 Å². The maximum atomic E-state index is 10.8. The number of carbonyl (C=O) groups excluding carboxylic acids is 1. The second kappa shape index (κ2) is 3.71. The van der Waals surface area contributed by atoms with Crippen molar-refractivity contribution < 1.29 is 4.79 Å². The summed E-state index contributed by atoms with van der Waals surface area (Å²) >= 11 is 1.21. The molecule has 0 radical (unpaired) electrons. The third kappa shape index (κ3) is 1.88. The summed E-state index contributed by atoms with van der Waals surface area (Å²) in [6.07, 6.45) is 0. The van der Waals surface area contributed by atoms with E-state index in [4.69, 9.17) is 5.73 Å². The summed E-state index contributed by atoms with van der Waals surface area (Å²) in [5.41, 5.74) is 10.6. The third-order valence-corrected chi connectivity index (χ3v) is 2.64. The number of amides is 1. The fourth-order valence-electron chi connectivity index (χ4n) is 1.13. The molecule has 14 heavy (non-hydrogen) atoms. The lowest BCUT2D eigenvalue weighted by molar-refractivity contribution is 0.261. The molecular formula is C9H9N3OS. The molecule has 0 atom stereocenters. The molecule has 1 aromatic rings. The molecule has 1 amide bonds. The number of benzene rings is 1. The number of nitrogens with one attached hydrogen (secondary N) is 1. The molecule has 1 aliphatic rings. The zero-order chi connectivity index (χ0) is 9.97. The van der Waals surface area contributed by atoms with Crippen LogP contribution in [-0.2, 0) is 0 Å². The van der Waals surface area contributed by atoms with Crippen LogP contribution in [0.1, 0.15) is 5.56 Å². The Bertz CT molecular complexity index is 386. The summed E-state index contributed by atoms with van der Waals surface area (Å²) in [5, 5.41) is 3.86. The number of hydrogen-bond acceptors (Lipinski definition) is 4. The van der Waals surface area contributed by atoms with Crippen molar-refractivity contribution in [1.82, 2.24) is 5.43 Å². The van der Waals surface area contributed by atoms with Gasteiger partial charge >= 0.3 is 0 Å². The third-order valence-electron chi connectivity index (χ3n) is 1.87. The minimum absolute atomic E-state index is 0.107. The molecule has 1 aromatic carbocycles. The van der Waals surface area contributed by atoms with Gasteiger partial charge in [0.1, 0.15) is 0 Å². The van der Waals surface area contributed by atoms with E-state index in [1.165, 1.54) is 11.8 Å². The number of carbonyl (C=O) groups is 1. The lowest BCUT2D eigenvalue weighted by Gasteiger charge is -2.11. The average Bonchev–Trinajstić information content (AvgIpc) is 2.21. The van der Waals surface area contributed by atoms with Crippen molar-refractivity contribution in [2.24, 2.45) is 5.10 Å². The normalized spacial score (nSPS) is 16.0. The largest absolute Gasteiger partial charge is 0.399 e. The van der Waals surface area contributed by atoms with Crippen molar-refractivity contribution in [3.05, 3.63) is 29.8 Å². The van der Waals surface area contributed by atoms with Crippen molar-refractivity contribution in [1.29, 1.82) is 0 Å². The Morgan fingerprint density at radius 3 is 2.64 bits per heavy atom. The summed E-state index contributed by atoms with van der Waals surface area (Å²) in [6, 6.07) is 7.43. The first-order valence-electron chi connectivity index (χ1n) is 4.11. The van der Waals surface area contributed by atoms with Crippen LogP contribution in [0.15, 0.2) is 29.4 Å². The highest BCUT2D eigenvalue weighted by atomic mass is 32.2. The molecule has 0 bridgehead atoms. The van der Waals surface area contributed by atoms with Gasteiger partial charge in [0.25, 0.3) is 5.24 Å². The zero-order valence-electron chi connectivity index (χ0n) is 7.36. The molecule has 2 rings (SSSR count). The Balaban J connectivity index is 2.23. The number of nitrogens with two attached hydrogens (primary N) is 1. The number of hydrogen-bond donors (Lipinski definition) is 2. The predicted molar refractivity (Wildman–Crippen MR) is 58.4 cm³/mol. The standard InChI is InChI=1S/C9H9N3OS/c10-7-3-1-6(2-4-7)8-5-14-9(13)12-11-8/h1-4H,5,10H2,(H,12,13). The van der Waals surface area contributed by atoms with Gasteiger partial charge in [0.05, 0.1) is 5.71 Å². The van der Waals surface area contributed by atoms with E-state index in [1.54, 1.807) is 0 Å². The van der Waals surface area contributed by atoms with E-state index in [0.717, 1.165) is 17.0 Å². The topological polar surface area (TPSA) is 67.5 Å². The van der Waals surface area contributed by atoms with Crippen LogP contribution in [0.3, 0.4) is 0 Å². The quantitative estimate of drug-likeness (QED) is 0.684. The van der Waals surface area contributed by atoms with Crippen molar-refractivity contribution in [2.75, 3.05) is 11.5 Å². The summed E-state index contributed by atoms with van der Waals surface area (Å²) in [4.78, 5) is 10.8. The fourth-order valence-corrected chi connectivity index (χ4v) is 1.74. The van der Waals surface area contributed by atoms with Gasteiger partial charge in [-0.15, -0.1) is 0 Å². The van der Waals surface area contributed by atoms with Crippen molar-refractivity contribution >= 4 is 28.4 Å². The lowest BCUT2D eigenvalue weighted by Crippen LogP contribution is -2.23. The van der Waals surface area contributed by atoms with Crippen LogP contribution < -0.4 is 11.2 Å². The highest BCUT2D eigenvalue weighted by Crippen LogP contribution is 2.14. The van der Waals surface area contributed by atoms with Gasteiger partial charge in [0.15, 0.2) is 0 Å². The summed E-state index contributed by atoms with van der Waals surface area (Å²) in [5.74, 6) is 0.607. The molecule has 0 unspecified atom stereocenters. The smallest absolute Gasteiger partial charge is 0.299 e. The van der Waals surface area contributed by atoms with Gasteiger partial charge in [-0.25, -0.2) is 5.43 Å². The van der Waals surface area contributed by atoms with Gasteiger partial charge in [0, 0.05) is 11.4 Å². The van der Waals surface area contributed by atoms with E-state index >= 15 is 0 Å². The first-order valence-corrected chi connectivity index (χ1v) is 5.09. The predicted octanol–water partition coefficient (Wildman–Crippen LogP) is 1.43. The minimum Gasteiger partial charge on any atom is -0.399 e. The van der Waals surface area contributed by atoms with Crippen LogP contribution in [0.2, 0.25) is 0 Å². The molecule has 0 saturated heterocycles. The molecule has 0 fully saturated rings. The summed E-state index contributed by atoms with van der Waals surface area (Å²) in [6.45, 7) is 0. The molecule has 0 spiro atoms. The van der Waals surface area contributed by atoms with Crippen LogP contribution >= 0.6 is 11.8 Å². The van der Waals surface area contributed by atoms with E-state index in [9.17, 15) is 4.79 Å². The number of thioether (sulfide) groups is 1. The molecule has 0 saturated carbocycles. The Kier molecular flexibility index (Phi) is 2.41. The van der Waals surface area contributed by atoms with E-state index in [0.29, 0.717) is 5.75 Å². The average molecular weight is 207 g/mol. The van der Waals surface area contributed by atoms with E-state index in [1.807, 2.05) is 24.3 Å². The second-order valence-electron chi connectivity index (χ2n) is 2.87. The van der Waals surface area contributed by atoms with Gasteiger partial charge in [-0.2, -0.15) is 5.10 Å². The summed E-state index contributed by atoms with van der Waals surface area (Å²) < 4.78 is 0. The van der Waals surface area contributed by atoms with Crippen LogP contribution in [0.25, 0.3) is 0 Å². The minimum atomic E-state index is -0.107. The van der Waals surface area contributed by atoms with E-state index in [2.05, 4.69) is 10.5 Å². The maximum Gasteiger partial charge on any atom is 0.299 e. The zero-order valence-corrected chi connectivity index (χ0v) is 8.17. The van der Waals surface area contributed by atoms with Crippen molar-refractivity contribution in [3.63, 3.8) is 0 Å². The SMILES string of the molecule is Nc1ccc(C2=NNC(=O)SC2)cc1. The highest BCUT2D eigenvalue weighted by Gasteiger charge is 2.13. The Morgan fingerprint density at radius 2 is 2.07 bits per heavy atom. The number of hydrazone groups is 1. The fraction of sp³-hybridized carbons (Fsp3) is 0.111. The van der Waals surface area contributed by atoms with Crippen LogP contribution in [-0.4, -0.2) is 16.7 Å². The Morgan fingerprint density at radius 1 is 1.36 bits per heavy atom. The van der Waals surface area contributed by atoms with Gasteiger partial charge in [-0.1, -0.05) is 23.9 Å². The molecule has 4 nitrogen and oxygen atoms in total. The first-order chi connectivity index (χ1) is 6.75. The van der Waals surface area contributed by atoms with E-state index < -0.39 is 0 Å². The number of nitrogens with zero attached hydrogens (tertiary/aromatic N) is 1. The van der Waals surface area contributed by atoms with Crippen LogP contribution in [0, 0.1) is 0 Å². The summed E-state index contributed by atoms with van der Waals surface area (Å²) in [7, 11) is 0. The second-order valence-corrected chi connectivity index (χ2v) is 3.82. The molecule has 1 aliphatic heterocycles. The van der Waals surface area contributed by atoms with Crippen molar-refractivity contribution in [2.45, 2.75) is 0 Å². The molecule has 5 heteroatoms. The number of nitrogen functional groups attached to an aromatic ring is 1. The highest BCUT2D eigenvalue weighted by molar-refractivity contribution is 8.14. The molecule has 1 heterocycles. The first kappa shape index (κ1) is 9.08. The Labute approximate surface area is 85.6 Å². The molecule has 0 aromatic heterocycles. The monoisotopic (exact) mass is 207 g/mol. The van der Waals surface area contributed by atoms with Gasteiger partial charge in [-0.3, -0.25) is 4.79 Å².